The Kier molecular flexibility index (Phi) is 3.32. The minimum atomic E-state index is -0.711. The van der Waals surface area contributed by atoms with Gasteiger partial charge in [-0.05, 0) is 12.1 Å². The lowest BCUT2D eigenvalue weighted by atomic mass is 10.2. The molecular weight excluding hydrogens is 240 g/mol. The number of methoxy groups -OCH3 is 1. The molecule has 3 nitrogen and oxygen atoms in total. The Labute approximate surface area is 103 Å². The maximum absolute atomic E-state index is 13.0. The smallest absolute Gasteiger partial charge is 0.150 e. The summed E-state index contributed by atoms with van der Waals surface area (Å²) in [6, 6.07) is 7.69. The zero-order valence-electron chi connectivity index (χ0n) is 9.61. The van der Waals surface area contributed by atoms with E-state index in [1.807, 2.05) is 0 Å². The second kappa shape index (κ2) is 4.91. The van der Waals surface area contributed by atoms with Crippen molar-refractivity contribution in [3.8, 4) is 17.2 Å². The van der Waals surface area contributed by atoms with Crippen LogP contribution in [0.2, 0.25) is 0 Å². The predicted molar refractivity (Wildman–Crippen MR) is 63.8 cm³/mol. The molecule has 94 valence electrons. The molecule has 18 heavy (non-hydrogen) atoms. The molecular formula is C13H11F2NO2. The van der Waals surface area contributed by atoms with Crippen LogP contribution in [0.25, 0.3) is 0 Å². The van der Waals surface area contributed by atoms with Crippen LogP contribution in [0, 0.1) is 11.6 Å². The highest BCUT2D eigenvalue weighted by molar-refractivity contribution is 5.57. The lowest BCUT2D eigenvalue weighted by molar-refractivity contribution is 0.413. The Morgan fingerprint density at radius 2 is 1.61 bits per heavy atom. The van der Waals surface area contributed by atoms with E-state index in [4.69, 9.17) is 15.2 Å². The van der Waals surface area contributed by atoms with Crippen LogP contribution in [0.15, 0.2) is 36.4 Å². The lowest BCUT2D eigenvalue weighted by Crippen LogP contribution is -1.94. The number of anilines is 1. The Bertz CT molecular complexity index is 553. The molecule has 2 N–H and O–H groups in total. The molecule has 0 spiro atoms. The van der Waals surface area contributed by atoms with Gasteiger partial charge in [0.15, 0.2) is 5.75 Å². The summed E-state index contributed by atoms with van der Waals surface area (Å²) in [5.74, 6) is -0.496. The zero-order valence-corrected chi connectivity index (χ0v) is 9.61. The first-order valence-corrected chi connectivity index (χ1v) is 5.16. The topological polar surface area (TPSA) is 44.5 Å². The Balaban J connectivity index is 2.28. The molecule has 0 aliphatic rings. The second-order valence-electron chi connectivity index (χ2n) is 3.61. The quantitative estimate of drug-likeness (QED) is 0.851. The fourth-order valence-electron chi connectivity index (χ4n) is 1.46. The number of rotatable bonds is 3. The van der Waals surface area contributed by atoms with E-state index in [-0.39, 0.29) is 5.75 Å². The van der Waals surface area contributed by atoms with Crippen molar-refractivity contribution in [2.75, 3.05) is 12.8 Å². The third-order valence-electron chi connectivity index (χ3n) is 2.28. The van der Waals surface area contributed by atoms with Gasteiger partial charge in [-0.15, -0.1) is 0 Å². The highest BCUT2D eigenvalue weighted by Crippen LogP contribution is 2.31. The summed E-state index contributed by atoms with van der Waals surface area (Å²) in [5.41, 5.74) is 6.05. The van der Waals surface area contributed by atoms with Gasteiger partial charge in [0.25, 0.3) is 0 Å². The molecule has 0 saturated carbocycles. The van der Waals surface area contributed by atoms with Crippen molar-refractivity contribution in [2.24, 2.45) is 0 Å². The van der Waals surface area contributed by atoms with E-state index in [0.717, 1.165) is 18.2 Å². The third kappa shape index (κ3) is 2.68. The van der Waals surface area contributed by atoms with Crippen molar-refractivity contribution in [3.63, 3.8) is 0 Å². The molecule has 2 rings (SSSR count). The molecule has 5 heteroatoms. The monoisotopic (exact) mass is 251 g/mol. The van der Waals surface area contributed by atoms with E-state index >= 15 is 0 Å². The molecule has 2 aromatic rings. The van der Waals surface area contributed by atoms with Gasteiger partial charge in [0.1, 0.15) is 23.1 Å². The molecule has 0 unspecified atom stereocenters. The number of hydrogen-bond acceptors (Lipinski definition) is 3. The van der Waals surface area contributed by atoms with Gasteiger partial charge in [0.05, 0.1) is 12.8 Å². The van der Waals surface area contributed by atoms with Gasteiger partial charge in [0, 0.05) is 24.3 Å². The number of ether oxygens (including phenoxy) is 2. The van der Waals surface area contributed by atoms with Crippen LogP contribution in [-0.2, 0) is 0 Å². The van der Waals surface area contributed by atoms with E-state index in [1.54, 1.807) is 18.2 Å². The van der Waals surface area contributed by atoms with Crippen molar-refractivity contribution in [1.29, 1.82) is 0 Å². The first kappa shape index (κ1) is 12.2. The van der Waals surface area contributed by atoms with Gasteiger partial charge < -0.3 is 15.2 Å². The molecule has 2 aromatic carbocycles. The summed E-state index contributed by atoms with van der Waals surface area (Å²) in [4.78, 5) is 0. The molecule has 0 bridgehead atoms. The molecule has 0 radical (unpaired) electrons. The highest BCUT2D eigenvalue weighted by atomic mass is 19.1. The van der Waals surface area contributed by atoms with E-state index < -0.39 is 11.6 Å². The maximum atomic E-state index is 13.0. The van der Waals surface area contributed by atoms with Gasteiger partial charge in [-0.25, -0.2) is 8.78 Å². The zero-order chi connectivity index (χ0) is 13.1. The van der Waals surface area contributed by atoms with Crippen LogP contribution < -0.4 is 15.2 Å². The van der Waals surface area contributed by atoms with Gasteiger partial charge in [-0.1, -0.05) is 0 Å². The van der Waals surface area contributed by atoms with Gasteiger partial charge in [0.2, 0.25) is 0 Å². The standard InChI is InChI=1S/C13H11F2NO2/c1-17-10-2-3-13(12(16)7-10)18-11-5-8(14)4-9(15)6-11/h2-7H,16H2,1H3. The molecule has 0 amide bonds. The molecule has 0 heterocycles. The van der Waals surface area contributed by atoms with Crippen LogP contribution in [0.1, 0.15) is 0 Å². The van der Waals surface area contributed by atoms with Gasteiger partial charge >= 0.3 is 0 Å². The van der Waals surface area contributed by atoms with Crippen LogP contribution in [0.5, 0.6) is 17.2 Å². The average Bonchev–Trinajstić information content (AvgIpc) is 2.30. The fraction of sp³-hybridized carbons (Fsp3) is 0.0769. The van der Waals surface area contributed by atoms with E-state index in [2.05, 4.69) is 0 Å². The number of halogens is 2. The van der Waals surface area contributed by atoms with Crippen LogP contribution in [0.4, 0.5) is 14.5 Å². The summed E-state index contributed by atoms with van der Waals surface area (Å²) >= 11 is 0. The maximum Gasteiger partial charge on any atom is 0.150 e. The molecule has 0 fully saturated rings. The summed E-state index contributed by atoms with van der Waals surface area (Å²) in [6.07, 6.45) is 0. The first-order valence-electron chi connectivity index (χ1n) is 5.16. The Hall–Kier alpha value is -2.30. The third-order valence-corrected chi connectivity index (χ3v) is 2.28. The SMILES string of the molecule is COc1ccc(Oc2cc(F)cc(F)c2)c(N)c1. The van der Waals surface area contributed by atoms with Crippen molar-refractivity contribution >= 4 is 5.69 Å². The van der Waals surface area contributed by atoms with Gasteiger partial charge in [-0.3, -0.25) is 0 Å². The highest BCUT2D eigenvalue weighted by Gasteiger charge is 2.06. The minimum absolute atomic E-state index is 0.0457. The van der Waals surface area contributed by atoms with Crippen molar-refractivity contribution in [3.05, 3.63) is 48.0 Å². The van der Waals surface area contributed by atoms with E-state index in [0.29, 0.717) is 17.2 Å². The minimum Gasteiger partial charge on any atom is -0.497 e. The normalized spacial score (nSPS) is 10.2. The van der Waals surface area contributed by atoms with Crippen molar-refractivity contribution < 1.29 is 18.3 Å². The first-order chi connectivity index (χ1) is 8.58. The number of benzene rings is 2. The summed E-state index contributed by atoms with van der Waals surface area (Å²) in [5, 5.41) is 0. The number of nitrogens with two attached hydrogens (primary N) is 1. The van der Waals surface area contributed by atoms with Crippen LogP contribution >= 0.6 is 0 Å². The lowest BCUT2D eigenvalue weighted by Gasteiger charge is -2.09. The van der Waals surface area contributed by atoms with Crippen LogP contribution in [0.3, 0.4) is 0 Å². The number of hydrogen-bond donors (Lipinski definition) is 1. The molecule has 0 atom stereocenters. The second-order valence-corrected chi connectivity index (χ2v) is 3.61. The van der Waals surface area contributed by atoms with Gasteiger partial charge in [-0.2, -0.15) is 0 Å². The average molecular weight is 251 g/mol. The molecule has 0 saturated heterocycles. The van der Waals surface area contributed by atoms with E-state index in [9.17, 15) is 8.78 Å². The summed E-state index contributed by atoms with van der Waals surface area (Å²) in [7, 11) is 1.51. The van der Waals surface area contributed by atoms with Crippen molar-refractivity contribution in [1.82, 2.24) is 0 Å². The fourth-order valence-corrected chi connectivity index (χ4v) is 1.46. The Morgan fingerprint density at radius 3 is 2.17 bits per heavy atom. The van der Waals surface area contributed by atoms with E-state index in [1.165, 1.54) is 7.11 Å². The molecule has 0 aliphatic heterocycles. The molecule has 0 aromatic heterocycles. The predicted octanol–water partition coefficient (Wildman–Crippen LogP) is 3.35. The van der Waals surface area contributed by atoms with Crippen LogP contribution in [-0.4, -0.2) is 7.11 Å². The Morgan fingerprint density at radius 1 is 0.944 bits per heavy atom. The van der Waals surface area contributed by atoms with Crippen molar-refractivity contribution in [2.45, 2.75) is 0 Å². The molecule has 0 aliphatic carbocycles. The largest absolute Gasteiger partial charge is 0.497 e. The summed E-state index contributed by atoms with van der Waals surface area (Å²) < 4.78 is 36.3. The summed E-state index contributed by atoms with van der Waals surface area (Å²) in [6.45, 7) is 0. The number of nitrogen functional groups attached to an aromatic ring is 1.